The predicted molar refractivity (Wildman–Crippen MR) is 99.4 cm³/mol. The highest BCUT2D eigenvalue weighted by molar-refractivity contribution is 7.92. The van der Waals surface area contributed by atoms with E-state index in [9.17, 15) is 12.8 Å². The number of hydrogen-bond donors (Lipinski definition) is 1. The van der Waals surface area contributed by atoms with Gasteiger partial charge in [-0.1, -0.05) is 12.1 Å². The second kappa shape index (κ2) is 6.37. The lowest BCUT2D eigenvalue weighted by Gasteiger charge is -2.32. The molecule has 0 unspecified atom stereocenters. The van der Waals surface area contributed by atoms with Gasteiger partial charge in [-0.3, -0.25) is 4.72 Å². The molecule has 1 fully saturated rings. The molecule has 26 heavy (non-hydrogen) atoms. The number of rotatable bonds is 4. The van der Waals surface area contributed by atoms with Crippen molar-refractivity contribution in [2.45, 2.75) is 43.8 Å². The van der Waals surface area contributed by atoms with Gasteiger partial charge in [-0.15, -0.1) is 0 Å². The van der Waals surface area contributed by atoms with Gasteiger partial charge in [0.05, 0.1) is 16.1 Å². The van der Waals surface area contributed by atoms with E-state index in [4.69, 9.17) is 9.31 Å². The largest absolute Gasteiger partial charge is 0.494 e. The lowest BCUT2D eigenvalue weighted by molar-refractivity contribution is 0.00578. The van der Waals surface area contributed by atoms with E-state index in [2.05, 4.69) is 4.72 Å². The van der Waals surface area contributed by atoms with Crippen LogP contribution in [0.25, 0.3) is 0 Å². The van der Waals surface area contributed by atoms with Crippen LogP contribution in [-0.2, 0) is 19.3 Å². The zero-order valence-corrected chi connectivity index (χ0v) is 15.9. The van der Waals surface area contributed by atoms with Crippen molar-refractivity contribution >= 4 is 28.3 Å². The fraction of sp³-hybridized carbons (Fsp3) is 0.333. The summed E-state index contributed by atoms with van der Waals surface area (Å²) in [6.45, 7) is 7.88. The van der Waals surface area contributed by atoms with E-state index < -0.39 is 34.2 Å². The van der Waals surface area contributed by atoms with E-state index >= 15 is 0 Å². The Kier molecular flexibility index (Phi) is 4.63. The van der Waals surface area contributed by atoms with Crippen LogP contribution in [0, 0.1) is 5.82 Å². The first-order valence-corrected chi connectivity index (χ1v) is 9.72. The fourth-order valence-electron chi connectivity index (χ4n) is 2.52. The van der Waals surface area contributed by atoms with E-state index in [1.54, 1.807) is 24.3 Å². The third-order valence-corrected chi connectivity index (χ3v) is 6.21. The molecule has 1 saturated heterocycles. The highest BCUT2D eigenvalue weighted by Gasteiger charge is 2.51. The van der Waals surface area contributed by atoms with Crippen molar-refractivity contribution in [1.29, 1.82) is 0 Å². The summed E-state index contributed by atoms with van der Waals surface area (Å²) >= 11 is 0. The molecule has 2 aromatic rings. The van der Waals surface area contributed by atoms with Gasteiger partial charge in [-0.05, 0) is 69.6 Å². The van der Waals surface area contributed by atoms with E-state index in [1.165, 1.54) is 12.1 Å². The average Bonchev–Trinajstić information content (AvgIpc) is 2.76. The molecule has 0 aromatic heterocycles. The second-order valence-corrected chi connectivity index (χ2v) is 8.95. The smallest absolute Gasteiger partial charge is 0.399 e. The highest BCUT2D eigenvalue weighted by atomic mass is 32.2. The van der Waals surface area contributed by atoms with Gasteiger partial charge in [-0.25, -0.2) is 12.8 Å². The lowest BCUT2D eigenvalue weighted by atomic mass is 9.79. The Morgan fingerprint density at radius 2 is 1.38 bits per heavy atom. The zero-order chi connectivity index (χ0) is 19.2. The number of benzene rings is 2. The van der Waals surface area contributed by atoms with E-state index in [0.717, 1.165) is 17.6 Å². The Labute approximate surface area is 153 Å². The molecule has 1 heterocycles. The number of sulfonamides is 1. The molecule has 2 aromatic carbocycles. The molecule has 0 atom stereocenters. The summed E-state index contributed by atoms with van der Waals surface area (Å²) in [5.74, 6) is -0.490. The van der Waals surface area contributed by atoms with Crippen molar-refractivity contribution in [3.05, 3.63) is 54.3 Å². The summed E-state index contributed by atoms with van der Waals surface area (Å²) in [7, 11) is -4.29. The third kappa shape index (κ3) is 3.63. The Morgan fingerprint density at radius 3 is 1.88 bits per heavy atom. The fourth-order valence-corrected chi connectivity index (χ4v) is 3.57. The van der Waals surface area contributed by atoms with E-state index in [-0.39, 0.29) is 4.90 Å². The van der Waals surface area contributed by atoms with E-state index in [0.29, 0.717) is 5.69 Å². The van der Waals surface area contributed by atoms with Crippen molar-refractivity contribution in [2.75, 3.05) is 4.72 Å². The minimum Gasteiger partial charge on any atom is -0.399 e. The van der Waals surface area contributed by atoms with Gasteiger partial charge in [0, 0.05) is 5.69 Å². The molecule has 0 radical (unpaired) electrons. The topological polar surface area (TPSA) is 64.6 Å². The first-order chi connectivity index (χ1) is 12.0. The third-order valence-electron chi connectivity index (χ3n) is 4.81. The molecule has 1 N–H and O–H groups in total. The van der Waals surface area contributed by atoms with Crippen molar-refractivity contribution in [3.63, 3.8) is 0 Å². The number of halogens is 1. The SMILES string of the molecule is CC1(C)OB(c2ccc(NS(=O)(=O)c3ccc(F)cc3)cc2)OC1(C)C. The summed E-state index contributed by atoms with van der Waals surface area (Å²) in [6, 6.07) is 11.4. The first-order valence-electron chi connectivity index (χ1n) is 8.24. The monoisotopic (exact) mass is 377 g/mol. The molecular weight excluding hydrogens is 356 g/mol. The van der Waals surface area contributed by atoms with Gasteiger partial charge in [0.1, 0.15) is 5.82 Å². The van der Waals surface area contributed by atoms with Crippen LogP contribution < -0.4 is 10.2 Å². The normalized spacial score (nSPS) is 18.7. The zero-order valence-electron chi connectivity index (χ0n) is 15.1. The molecule has 0 bridgehead atoms. The lowest BCUT2D eigenvalue weighted by Crippen LogP contribution is -2.41. The molecule has 5 nitrogen and oxygen atoms in total. The summed E-state index contributed by atoms with van der Waals surface area (Å²) in [5.41, 5.74) is 0.309. The molecule has 3 rings (SSSR count). The van der Waals surface area contributed by atoms with Gasteiger partial charge in [0.2, 0.25) is 0 Å². The summed E-state index contributed by atoms with van der Waals surface area (Å²) < 4.78 is 52.1. The molecule has 0 spiro atoms. The maximum Gasteiger partial charge on any atom is 0.494 e. The average molecular weight is 377 g/mol. The first kappa shape index (κ1) is 18.9. The Balaban J connectivity index is 1.75. The van der Waals surface area contributed by atoms with Crippen LogP contribution in [0.2, 0.25) is 0 Å². The van der Waals surface area contributed by atoms with Crippen LogP contribution in [0.3, 0.4) is 0 Å². The molecule has 138 valence electrons. The minimum atomic E-state index is -3.78. The van der Waals surface area contributed by atoms with Gasteiger partial charge >= 0.3 is 7.12 Å². The van der Waals surface area contributed by atoms with Crippen LogP contribution in [0.1, 0.15) is 27.7 Å². The van der Waals surface area contributed by atoms with Crippen LogP contribution >= 0.6 is 0 Å². The Hall–Kier alpha value is -1.90. The van der Waals surface area contributed by atoms with Gasteiger partial charge in [0.15, 0.2) is 0 Å². The molecular formula is C18H21BFNO4S. The van der Waals surface area contributed by atoms with Crippen molar-refractivity contribution < 1.29 is 22.1 Å². The van der Waals surface area contributed by atoms with Gasteiger partial charge in [0.25, 0.3) is 10.0 Å². The molecule has 1 aliphatic rings. The second-order valence-electron chi connectivity index (χ2n) is 7.27. The standard InChI is InChI=1S/C18H21BFNO4S/c1-17(2)18(3,4)25-19(24-17)13-5-9-15(10-6-13)21-26(22,23)16-11-7-14(20)8-12-16/h5-12,21H,1-4H3. The number of hydrogen-bond acceptors (Lipinski definition) is 4. The molecule has 0 amide bonds. The Bertz CT molecular complexity index is 880. The van der Waals surface area contributed by atoms with E-state index in [1.807, 2.05) is 27.7 Å². The molecule has 0 aliphatic carbocycles. The minimum absolute atomic E-state index is 0.00562. The van der Waals surface area contributed by atoms with Crippen molar-refractivity contribution in [2.24, 2.45) is 0 Å². The number of anilines is 1. The maximum atomic E-state index is 13.0. The summed E-state index contributed by atoms with van der Waals surface area (Å²) in [4.78, 5) is -0.00562. The maximum absolute atomic E-state index is 13.0. The quantitative estimate of drug-likeness (QED) is 0.833. The highest BCUT2D eigenvalue weighted by Crippen LogP contribution is 2.36. The summed E-state index contributed by atoms with van der Waals surface area (Å²) in [6.07, 6.45) is 0. The van der Waals surface area contributed by atoms with Crippen LogP contribution in [0.15, 0.2) is 53.4 Å². The van der Waals surface area contributed by atoms with Crippen molar-refractivity contribution in [1.82, 2.24) is 0 Å². The Morgan fingerprint density at radius 1 is 0.885 bits per heavy atom. The predicted octanol–water partition coefficient (Wildman–Crippen LogP) is 2.93. The molecule has 1 aliphatic heterocycles. The van der Waals surface area contributed by atoms with Gasteiger partial charge in [-0.2, -0.15) is 0 Å². The van der Waals surface area contributed by atoms with Crippen molar-refractivity contribution in [3.8, 4) is 0 Å². The number of nitrogens with one attached hydrogen (secondary N) is 1. The van der Waals surface area contributed by atoms with Crippen LogP contribution in [-0.4, -0.2) is 26.7 Å². The summed E-state index contributed by atoms with van der Waals surface area (Å²) in [5, 5.41) is 0. The molecule has 8 heteroatoms. The molecule has 0 saturated carbocycles. The van der Waals surface area contributed by atoms with Crippen LogP contribution in [0.5, 0.6) is 0 Å². The van der Waals surface area contributed by atoms with Crippen LogP contribution in [0.4, 0.5) is 10.1 Å². The van der Waals surface area contributed by atoms with Gasteiger partial charge < -0.3 is 9.31 Å².